The molecule has 2 aromatic carbocycles. The van der Waals surface area contributed by atoms with Gasteiger partial charge in [0.05, 0.1) is 17.8 Å². The maximum Gasteiger partial charge on any atom is 0.226 e. The number of aryl methyl sites for hydroxylation is 4. The Kier molecular flexibility index (Phi) is 7.53. The van der Waals surface area contributed by atoms with E-state index in [1.165, 1.54) is 22.4 Å². The van der Waals surface area contributed by atoms with Gasteiger partial charge in [0.25, 0.3) is 0 Å². The molecule has 1 amide bonds. The van der Waals surface area contributed by atoms with Gasteiger partial charge in [-0.05, 0) is 99.4 Å². The second kappa shape index (κ2) is 11.0. The first kappa shape index (κ1) is 26.6. The number of amides is 1. The summed E-state index contributed by atoms with van der Waals surface area (Å²) in [5.74, 6) is -0.0343. The van der Waals surface area contributed by atoms with E-state index >= 15 is 0 Å². The van der Waals surface area contributed by atoms with Crippen molar-refractivity contribution in [1.82, 2.24) is 19.8 Å². The molecule has 39 heavy (non-hydrogen) atoms. The number of anilines is 1. The smallest absolute Gasteiger partial charge is 0.226 e. The number of aromatic nitrogens is 2. The molecule has 1 aliphatic rings. The highest BCUT2D eigenvalue weighted by Crippen LogP contribution is 2.41. The fourth-order valence-electron chi connectivity index (χ4n) is 5.55. The van der Waals surface area contributed by atoms with E-state index in [-0.39, 0.29) is 18.0 Å². The van der Waals surface area contributed by atoms with Crippen LogP contribution < -0.4 is 10.6 Å². The third-order valence-corrected chi connectivity index (χ3v) is 7.94. The first-order chi connectivity index (χ1) is 18.7. The summed E-state index contributed by atoms with van der Waals surface area (Å²) in [6.45, 7) is 11.1. The van der Waals surface area contributed by atoms with Crippen molar-refractivity contribution >= 4 is 28.9 Å². The average molecular weight is 538 g/mol. The Hall–Kier alpha value is -3.97. The molecule has 0 saturated carbocycles. The van der Waals surface area contributed by atoms with E-state index in [9.17, 15) is 4.79 Å². The van der Waals surface area contributed by atoms with E-state index in [1.807, 2.05) is 55.6 Å². The molecule has 0 bridgehead atoms. The van der Waals surface area contributed by atoms with Gasteiger partial charge in [-0.3, -0.25) is 9.78 Å². The maximum atomic E-state index is 13.0. The van der Waals surface area contributed by atoms with Crippen molar-refractivity contribution in [2.75, 3.05) is 11.9 Å². The van der Waals surface area contributed by atoms with Crippen molar-refractivity contribution in [2.45, 2.75) is 53.1 Å². The first-order valence-corrected chi connectivity index (χ1v) is 13.8. The van der Waals surface area contributed by atoms with Gasteiger partial charge in [-0.2, -0.15) is 0 Å². The van der Waals surface area contributed by atoms with Crippen molar-refractivity contribution in [2.24, 2.45) is 0 Å². The summed E-state index contributed by atoms with van der Waals surface area (Å²) in [4.78, 5) is 19.8. The van der Waals surface area contributed by atoms with Gasteiger partial charge in [-0.25, -0.2) is 0 Å². The van der Waals surface area contributed by atoms with Gasteiger partial charge in [0.1, 0.15) is 0 Å². The van der Waals surface area contributed by atoms with Crippen LogP contribution in [-0.4, -0.2) is 32.0 Å². The molecule has 6 nitrogen and oxygen atoms in total. The summed E-state index contributed by atoms with van der Waals surface area (Å²) in [7, 11) is 0. The normalized spacial score (nSPS) is 16.8. The van der Waals surface area contributed by atoms with Crippen LogP contribution in [0.25, 0.3) is 5.69 Å². The van der Waals surface area contributed by atoms with Gasteiger partial charge in [0.2, 0.25) is 5.91 Å². The molecule has 2 aromatic heterocycles. The van der Waals surface area contributed by atoms with Crippen molar-refractivity contribution in [3.05, 3.63) is 112 Å². The molecule has 1 fully saturated rings. The standard InChI is InChI=1S/C32H35N5OS/c1-20-13-14-22(3)28(18-20)37-23(4)19-25(24(37)5)31-30(27-12-8-9-16-33-27)35-32(39)36(31)17-15-29(38)34-26-11-7-6-10-21(26)2/h6-14,16,18-19,30-31H,15,17H2,1-5H3,(H,34,38)(H,35,39). The maximum absolute atomic E-state index is 13.0. The molecule has 5 rings (SSSR count). The van der Waals surface area contributed by atoms with Crippen molar-refractivity contribution in [3.8, 4) is 5.69 Å². The van der Waals surface area contributed by atoms with Gasteiger partial charge in [-0.1, -0.05) is 36.4 Å². The average Bonchev–Trinajstić information content (AvgIpc) is 3.40. The van der Waals surface area contributed by atoms with Crippen LogP contribution in [0.4, 0.5) is 5.69 Å². The number of benzene rings is 2. The topological polar surface area (TPSA) is 62.2 Å². The number of pyridine rings is 1. The number of nitrogens with zero attached hydrogens (tertiary/aromatic N) is 3. The Morgan fingerprint density at radius 3 is 2.49 bits per heavy atom. The lowest BCUT2D eigenvalue weighted by molar-refractivity contribution is -0.116. The number of thiocarbonyl (C=S) groups is 1. The molecule has 0 radical (unpaired) electrons. The molecule has 0 aliphatic carbocycles. The summed E-state index contributed by atoms with van der Waals surface area (Å²) < 4.78 is 2.33. The lowest BCUT2D eigenvalue weighted by atomic mass is 9.96. The van der Waals surface area contributed by atoms with Crippen LogP contribution in [0, 0.1) is 34.6 Å². The number of hydrogen-bond acceptors (Lipinski definition) is 3. The molecule has 4 aromatic rings. The zero-order valence-electron chi connectivity index (χ0n) is 23.2. The molecule has 3 heterocycles. The van der Waals surface area contributed by atoms with Crippen molar-refractivity contribution < 1.29 is 4.79 Å². The van der Waals surface area contributed by atoms with Crippen molar-refractivity contribution in [1.29, 1.82) is 0 Å². The van der Waals surface area contributed by atoms with Gasteiger partial charge in [0.15, 0.2) is 5.11 Å². The Balaban J connectivity index is 1.50. The summed E-state index contributed by atoms with van der Waals surface area (Å²) in [6, 6.07) is 22.4. The van der Waals surface area contributed by atoms with Crippen LogP contribution >= 0.6 is 12.2 Å². The van der Waals surface area contributed by atoms with Gasteiger partial charge in [0, 0.05) is 41.9 Å². The van der Waals surface area contributed by atoms with E-state index < -0.39 is 0 Å². The lowest BCUT2D eigenvalue weighted by Crippen LogP contribution is -2.33. The molecule has 1 aliphatic heterocycles. The second-order valence-electron chi connectivity index (χ2n) is 10.4. The zero-order chi connectivity index (χ0) is 27.7. The fraction of sp³-hybridized carbons (Fsp3) is 0.281. The molecule has 2 atom stereocenters. The van der Waals surface area contributed by atoms with Crippen LogP contribution in [0.1, 0.15) is 57.8 Å². The Bertz CT molecular complexity index is 1530. The number of para-hydroxylation sites is 1. The highest BCUT2D eigenvalue weighted by molar-refractivity contribution is 7.80. The summed E-state index contributed by atoms with van der Waals surface area (Å²) in [5, 5.41) is 7.21. The predicted octanol–water partition coefficient (Wildman–Crippen LogP) is 6.42. The Morgan fingerprint density at radius 1 is 0.974 bits per heavy atom. The fourth-order valence-corrected chi connectivity index (χ4v) is 5.88. The van der Waals surface area contributed by atoms with Crippen LogP contribution in [0.3, 0.4) is 0 Å². The number of hydrogen-bond donors (Lipinski definition) is 2. The molecule has 2 unspecified atom stereocenters. The minimum absolute atomic E-state index is 0.0343. The first-order valence-electron chi connectivity index (χ1n) is 13.3. The van der Waals surface area contributed by atoms with E-state index in [4.69, 9.17) is 12.2 Å². The minimum Gasteiger partial charge on any atom is -0.352 e. The quantitative estimate of drug-likeness (QED) is 0.267. The number of rotatable bonds is 7. The van der Waals surface area contributed by atoms with Crippen LogP contribution in [0.5, 0.6) is 0 Å². The van der Waals surface area contributed by atoms with E-state index in [0.717, 1.165) is 28.3 Å². The van der Waals surface area contributed by atoms with E-state index in [0.29, 0.717) is 18.1 Å². The van der Waals surface area contributed by atoms with E-state index in [2.05, 4.69) is 77.0 Å². The summed E-state index contributed by atoms with van der Waals surface area (Å²) in [6.07, 6.45) is 2.13. The van der Waals surface area contributed by atoms with Gasteiger partial charge < -0.3 is 20.1 Å². The molecular formula is C32H35N5OS. The van der Waals surface area contributed by atoms with E-state index in [1.54, 1.807) is 0 Å². The SMILES string of the molecule is Cc1ccc(C)c(-n2c(C)cc(C3C(c4ccccn4)NC(=S)N3CCC(=O)Nc3ccccc3C)c2C)c1. The van der Waals surface area contributed by atoms with Gasteiger partial charge >= 0.3 is 0 Å². The second-order valence-corrected chi connectivity index (χ2v) is 10.8. The number of nitrogens with one attached hydrogen (secondary N) is 2. The monoisotopic (exact) mass is 537 g/mol. The third-order valence-electron chi connectivity index (χ3n) is 7.59. The predicted molar refractivity (Wildman–Crippen MR) is 161 cm³/mol. The number of carbonyl (C=O) groups is 1. The molecule has 200 valence electrons. The van der Waals surface area contributed by atoms with Crippen LogP contribution in [0.15, 0.2) is 72.9 Å². The molecule has 2 N–H and O–H groups in total. The molecule has 7 heteroatoms. The summed E-state index contributed by atoms with van der Waals surface area (Å²) in [5.41, 5.74) is 9.92. The highest BCUT2D eigenvalue weighted by atomic mass is 32.1. The summed E-state index contributed by atoms with van der Waals surface area (Å²) >= 11 is 5.86. The Labute approximate surface area is 236 Å². The molecular weight excluding hydrogens is 502 g/mol. The van der Waals surface area contributed by atoms with Crippen LogP contribution in [-0.2, 0) is 4.79 Å². The molecule has 0 spiro atoms. The van der Waals surface area contributed by atoms with Crippen LogP contribution in [0.2, 0.25) is 0 Å². The number of carbonyl (C=O) groups excluding carboxylic acids is 1. The minimum atomic E-state index is -0.134. The highest BCUT2D eigenvalue weighted by Gasteiger charge is 2.41. The lowest BCUT2D eigenvalue weighted by Gasteiger charge is -2.28. The van der Waals surface area contributed by atoms with Crippen molar-refractivity contribution in [3.63, 3.8) is 0 Å². The molecule has 1 saturated heterocycles. The third kappa shape index (κ3) is 5.32. The largest absolute Gasteiger partial charge is 0.352 e. The Morgan fingerprint density at radius 2 is 1.74 bits per heavy atom. The zero-order valence-corrected chi connectivity index (χ0v) is 24.0. The van der Waals surface area contributed by atoms with Gasteiger partial charge in [-0.15, -0.1) is 0 Å².